The van der Waals surface area contributed by atoms with Crippen molar-refractivity contribution in [2.24, 2.45) is 0 Å². The Balaban J connectivity index is 1.92. The lowest BCUT2D eigenvalue weighted by Crippen LogP contribution is -2.27. The topological polar surface area (TPSA) is 29.9 Å². The summed E-state index contributed by atoms with van der Waals surface area (Å²) < 4.78 is 2.03. The highest BCUT2D eigenvalue weighted by molar-refractivity contribution is 5.35. The standard InChI is InChI=1S/C15H19N3/c1-12-14(15-9-5-6-10-16-15)11-17-18(12)13-7-3-2-4-8-13/h2-4,7-8,11,15-16H,5-6,9-10H2,1H3. The number of piperidine rings is 1. The van der Waals surface area contributed by atoms with Crippen LogP contribution in [0.5, 0.6) is 0 Å². The van der Waals surface area contributed by atoms with E-state index in [1.165, 1.54) is 30.5 Å². The van der Waals surface area contributed by atoms with E-state index >= 15 is 0 Å². The van der Waals surface area contributed by atoms with Crippen molar-refractivity contribution in [2.75, 3.05) is 6.54 Å². The molecule has 2 aromatic rings. The van der Waals surface area contributed by atoms with Gasteiger partial charge in [-0.25, -0.2) is 4.68 Å². The minimum absolute atomic E-state index is 0.483. The molecule has 0 radical (unpaired) electrons. The summed E-state index contributed by atoms with van der Waals surface area (Å²) in [6.45, 7) is 3.28. The van der Waals surface area contributed by atoms with Gasteiger partial charge in [0.15, 0.2) is 0 Å². The van der Waals surface area contributed by atoms with Gasteiger partial charge in [0.05, 0.1) is 11.9 Å². The van der Waals surface area contributed by atoms with E-state index in [0.717, 1.165) is 12.2 Å². The Bertz CT molecular complexity index is 510. The molecule has 0 bridgehead atoms. The second kappa shape index (κ2) is 4.94. The Morgan fingerprint density at radius 1 is 1.22 bits per heavy atom. The lowest BCUT2D eigenvalue weighted by atomic mass is 9.98. The highest BCUT2D eigenvalue weighted by atomic mass is 15.3. The van der Waals surface area contributed by atoms with E-state index in [1.807, 2.05) is 16.9 Å². The zero-order valence-corrected chi connectivity index (χ0v) is 10.8. The van der Waals surface area contributed by atoms with Gasteiger partial charge in [-0.15, -0.1) is 0 Å². The number of para-hydroxylation sites is 1. The average Bonchev–Trinajstić information content (AvgIpc) is 2.83. The van der Waals surface area contributed by atoms with Crippen molar-refractivity contribution < 1.29 is 0 Å². The summed E-state index contributed by atoms with van der Waals surface area (Å²) in [6, 6.07) is 10.8. The first-order chi connectivity index (χ1) is 8.86. The number of nitrogens with zero attached hydrogens (tertiary/aromatic N) is 2. The zero-order chi connectivity index (χ0) is 12.4. The average molecular weight is 241 g/mol. The molecule has 1 aliphatic heterocycles. The molecule has 94 valence electrons. The summed E-state index contributed by atoms with van der Waals surface area (Å²) in [5, 5.41) is 8.13. The van der Waals surface area contributed by atoms with Gasteiger partial charge in [0.1, 0.15) is 0 Å². The first-order valence-corrected chi connectivity index (χ1v) is 6.69. The third-order valence-electron chi connectivity index (χ3n) is 3.73. The molecule has 1 aliphatic rings. The summed E-state index contributed by atoms with van der Waals surface area (Å²) in [7, 11) is 0. The fourth-order valence-electron chi connectivity index (χ4n) is 2.71. The van der Waals surface area contributed by atoms with E-state index in [-0.39, 0.29) is 0 Å². The van der Waals surface area contributed by atoms with Gasteiger partial charge in [-0.05, 0) is 38.4 Å². The molecule has 1 atom stereocenters. The van der Waals surface area contributed by atoms with Crippen LogP contribution in [0.1, 0.15) is 36.6 Å². The van der Waals surface area contributed by atoms with Gasteiger partial charge in [-0.2, -0.15) is 5.10 Å². The SMILES string of the molecule is Cc1c(C2CCCCN2)cnn1-c1ccccc1. The monoisotopic (exact) mass is 241 g/mol. The quantitative estimate of drug-likeness (QED) is 0.876. The van der Waals surface area contributed by atoms with Crippen LogP contribution in [-0.4, -0.2) is 16.3 Å². The van der Waals surface area contributed by atoms with Crippen LogP contribution in [0.15, 0.2) is 36.5 Å². The maximum atomic E-state index is 4.54. The molecular weight excluding hydrogens is 222 g/mol. The van der Waals surface area contributed by atoms with Gasteiger partial charge >= 0.3 is 0 Å². The summed E-state index contributed by atoms with van der Waals surface area (Å²) in [4.78, 5) is 0. The molecule has 1 fully saturated rings. The summed E-state index contributed by atoms with van der Waals surface area (Å²) in [5.41, 5.74) is 3.73. The molecule has 18 heavy (non-hydrogen) atoms. The Morgan fingerprint density at radius 3 is 2.78 bits per heavy atom. The molecule has 1 aromatic carbocycles. The molecular formula is C15H19N3. The number of nitrogens with one attached hydrogen (secondary N) is 1. The third-order valence-corrected chi connectivity index (χ3v) is 3.73. The van der Waals surface area contributed by atoms with Crippen molar-refractivity contribution in [3.8, 4) is 5.69 Å². The van der Waals surface area contributed by atoms with Gasteiger partial charge in [0.25, 0.3) is 0 Å². The number of hydrogen-bond donors (Lipinski definition) is 1. The van der Waals surface area contributed by atoms with Gasteiger partial charge in [-0.1, -0.05) is 24.6 Å². The Morgan fingerprint density at radius 2 is 2.06 bits per heavy atom. The van der Waals surface area contributed by atoms with E-state index in [0.29, 0.717) is 6.04 Å². The molecule has 3 heteroatoms. The Kier molecular flexibility index (Phi) is 3.15. The molecule has 2 heterocycles. The zero-order valence-electron chi connectivity index (χ0n) is 10.8. The van der Waals surface area contributed by atoms with Crippen molar-refractivity contribution in [2.45, 2.75) is 32.2 Å². The first kappa shape index (κ1) is 11.5. The smallest absolute Gasteiger partial charge is 0.0648 e. The fourth-order valence-corrected chi connectivity index (χ4v) is 2.71. The number of benzene rings is 1. The number of aromatic nitrogens is 2. The minimum atomic E-state index is 0.483. The van der Waals surface area contributed by atoms with Crippen LogP contribution in [0.2, 0.25) is 0 Å². The predicted molar refractivity (Wildman–Crippen MR) is 72.9 cm³/mol. The van der Waals surface area contributed by atoms with Crippen LogP contribution in [0.3, 0.4) is 0 Å². The molecule has 0 aliphatic carbocycles. The normalized spacial score (nSPS) is 19.9. The second-order valence-corrected chi connectivity index (χ2v) is 4.94. The van der Waals surface area contributed by atoms with E-state index < -0.39 is 0 Å². The van der Waals surface area contributed by atoms with Crippen molar-refractivity contribution in [3.63, 3.8) is 0 Å². The molecule has 1 unspecified atom stereocenters. The van der Waals surface area contributed by atoms with Gasteiger partial charge in [0, 0.05) is 17.3 Å². The fraction of sp³-hybridized carbons (Fsp3) is 0.400. The van der Waals surface area contributed by atoms with Crippen molar-refractivity contribution in [3.05, 3.63) is 47.8 Å². The third kappa shape index (κ3) is 2.06. The molecule has 1 saturated heterocycles. The summed E-state index contributed by atoms with van der Waals surface area (Å²) in [6.07, 6.45) is 5.85. The first-order valence-electron chi connectivity index (χ1n) is 6.69. The predicted octanol–water partition coefficient (Wildman–Crippen LogP) is 3.00. The molecule has 3 rings (SSSR count). The van der Waals surface area contributed by atoms with Crippen LogP contribution in [-0.2, 0) is 0 Å². The molecule has 3 nitrogen and oxygen atoms in total. The number of hydrogen-bond acceptors (Lipinski definition) is 2. The molecule has 1 N–H and O–H groups in total. The lowest BCUT2D eigenvalue weighted by molar-refractivity contribution is 0.411. The van der Waals surface area contributed by atoms with Crippen LogP contribution < -0.4 is 5.32 Å². The van der Waals surface area contributed by atoms with Crippen molar-refractivity contribution in [1.82, 2.24) is 15.1 Å². The van der Waals surface area contributed by atoms with Crippen LogP contribution >= 0.6 is 0 Å². The molecule has 0 saturated carbocycles. The van der Waals surface area contributed by atoms with Crippen molar-refractivity contribution in [1.29, 1.82) is 0 Å². The second-order valence-electron chi connectivity index (χ2n) is 4.94. The minimum Gasteiger partial charge on any atom is -0.310 e. The molecule has 0 amide bonds. The molecule has 0 spiro atoms. The molecule has 1 aromatic heterocycles. The highest BCUT2D eigenvalue weighted by Gasteiger charge is 2.19. The van der Waals surface area contributed by atoms with Gasteiger partial charge in [0.2, 0.25) is 0 Å². The van der Waals surface area contributed by atoms with E-state index in [2.05, 4.69) is 41.6 Å². The van der Waals surface area contributed by atoms with Gasteiger partial charge < -0.3 is 5.32 Å². The lowest BCUT2D eigenvalue weighted by Gasteiger charge is -2.23. The maximum Gasteiger partial charge on any atom is 0.0648 e. The van der Waals surface area contributed by atoms with Gasteiger partial charge in [-0.3, -0.25) is 0 Å². The van der Waals surface area contributed by atoms with Crippen LogP contribution in [0.25, 0.3) is 5.69 Å². The summed E-state index contributed by atoms with van der Waals surface area (Å²) in [5.74, 6) is 0. The Labute approximate surface area is 108 Å². The van der Waals surface area contributed by atoms with Crippen LogP contribution in [0, 0.1) is 6.92 Å². The van der Waals surface area contributed by atoms with E-state index in [1.54, 1.807) is 0 Å². The van der Waals surface area contributed by atoms with Crippen LogP contribution in [0.4, 0.5) is 0 Å². The maximum absolute atomic E-state index is 4.54. The summed E-state index contributed by atoms with van der Waals surface area (Å²) >= 11 is 0. The highest BCUT2D eigenvalue weighted by Crippen LogP contribution is 2.26. The largest absolute Gasteiger partial charge is 0.310 e. The van der Waals surface area contributed by atoms with E-state index in [4.69, 9.17) is 0 Å². The van der Waals surface area contributed by atoms with Crippen molar-refractivity contribution >= 4 is 0 Å². The number of rotatable bonds is 2. The van der Waals surface area contributed by atoms with E-state index in [9.17, 15) is 0 Å². The Hall–Kier alpha value is -1.61.